The largest absolute Gasteiger partial charge is 1.00 e. The first-order valence-electron chi connectivity index (χ1n) is 16.2. The minimum absolute atomic E-state index is 0. The van der Waals surface area contributed by atoms with Crippen LogP contribution >= 0.6 is 0 Å². The van der Waals surface area contributed by atoms with Crippen molar-refractivity contribution in [3.63, 3.8) is 0 Å². The normalized spacial score (nSPS) is 17.5. The van der Waals surface area contributed by atoms with Crippen LogP contribution in [0.1, 0.15) is 32.6 Å². The molecule has 8 N–H and O–H groups in total. The zero-order valence-electron chi connectivity index (χ0n) is 28.7. The highest BCUT2D eigenvalue weighted by atomic mass is 35.5. The van der Waals surface area contributed by atoms with E-state index in [0.717, 1.165) is 48.9 Å². The summed E-state index contributed by atoms with van der Waals surface area (Å²) in [5, 5.41) is 13.8. The third kappa shape index (κ3) is 9.52. The fourth-order valence-corrected chi connectivity index (χ4v) is 7.57. The van der Waals surface area contributed by atoms with E-state index in [-0.39, 0.29) is 68.2 Å². The number of nitrogens with one attached hydrogen (secondary N) is 3. The van der Waals surface area contributed by atoms with Gasteiger partial charge in [0, 0.05) is 11.4 Å². The van der Waals surface area contributed by atoms with Crippen molar-refractivity contribution in [2.24, 2.45) is 10.9 Å². The van der Waals surface area contributed by atoms with Crippen LogP contribution in [0.15, 0.2) is 86.5 Å². The summed E-state index contributed by atoms with van der Waals surface area (Å²) < 4.78 is 100. The van der Waals surface area contributed by atoms with Gasteiger partial charge in [0.05, 0.1) is 26.9 Å². The third-order valence-electron chi connectivity index (χ3n) is 8.60. The number of amides is 1. The Morgan fingerprint density at radius 2 is 1.33 bits per heavy atom. The van der Waals surface area contributed by atoms with Crippen molar-refractivity contribution in [1.82, 2.24) is 19.5 Å². The molecule has 1 atom stereocenters. The van der Waals surface area contributed by atoms with E-state index in [4.69, 9.17) is 5.84 Å². The molecule has 1 saturated heterocycles. The van der Waals surface area contributed by atoms with Gasteiger partial charge in [0.15, 0.2) is 0 Å². The number of halogens is 1. The molecular formula is C31H35ClN10O10S3. The van der Waals surface area contributed by atoms with E-state index in [1.165, 1.54) is 55.5 Å². The maximum atomic E-state index is 13.4. The van der Waals surface area contributed by atoms with Crippen LogP contribution in [0.3, 0.4) is 0 Å². The summed E-state index contributed by atoms with van der Waals surface area (Å²) in [4.78, 5) is 25.4. The Labute approximate surface area is 322 Å². The van der Waals surface area contributed by atoms with Gasteiger partial charge in [0.25, 0.3) is 36.3 Å². The van der Waals surface area contributed by atoms with E-state index in [1.807, 2.05) is 0 Å². The Balaban J connectivity index is 0.00000580. The topological polar surface area (TPSA) is 297 Å². The number of anilines is 6. The number of nitrogens with two attached hydrogens (primary N) is 1. The number of carbonyl (C=O) groups is 1. The van der Waals surface area contributed by atoms with Crippen LogP contribution in [0.5, 0.6) is 0 Å². The summed E-state index contributed by atoms with van der Waals surface area (Å²) in [5.41, 5.74) is 0.532. The zero-order valence-corrected chi connectivity index (χ0v) is 31.9. The maximum absolute atomic E-state index is 13.4. The molecule has 1 aromatic heterocycles. The number of hydrazone groups is 1. The molecule has 4 aromatic rings. The minimum atomic E-state index is -4.92. The van der Waals surface area contributed by atoms with Crippen molar-refractivity contribution in [3.05, 3.63) is 66.7 Å². The lowest BCUT2D eigenvalue weighted by atomic mass is 10.1. The molecule has 0 aliphatic carbocycles. The maximum Gasteiger partial charge on any atom is 0.355 e. The van der Waals surface area contributed by atoms with Crippen LogP contribution in [-0.2, 0) is 35.1 Å². The molecule has 0 radical (unpaired) electrons. The summed E-state index contributed by atoms with van der Waals surface area (Å²) >= 11 is 0. The molecule has 20 nitrogen and oxygen atoms in total. The monoisotopic (exact) mass is 838 g/mol. The SMILES string of the molecule is CC1=NN(c2ccc(S(=O)(=O)O)cc2)C(=O)C1Nc1ccc(Nc2nc(Nc3cccc(S(=O)(=O)O)c3)nc([N+]3(N)CCCCCC3)n2)cc1S(=O)(=O)O.[Cl-]. The smallest absolute Gasteiger partial charge is 0.355 e. The highest BCUT2D eigenvalue weighted by Gasteiger charge is 2.36. The number of rotatable bonds is 11. The standard InChI is InChI=1S/C31H34N10O10S3.ClH/c1-19-27(28(42)40(39-19)22-10-12-23(13-11-22)52(43,44)45)35-25-14-9-21(18-26(25)54(49,50)51)34-30-36-29(33-20-7-6-8-24(17-20)53(46,47)48)37-31(38-30)41(32)15-4-2-3-5-16-41;/h6-14,17-18,27,35H,2-5,15-16,32H2,1H3,(H4-,33,34,36,37,38,43,44,45,46,47,48,49,50,51);1H. The molecule has 1 fully saturated rings. The minimum Gasteiger partial charge on any atom is -1.00 e. The predicted octanol–water partition coefficient (Wildman–Crippen LogP) is 0.0611. The Bertz CT molecular complexity index is 2480. The molecule has 55 heavy (non-hydrogen) atoms. The molecule has 1 amide bonds. The Kier molecular flexibility index (Phi) is 11.8. The van der Waals surface area contributed by atoms with Gasteiger partial charge in [-0.25, -0.2) is 0 Å². The van der Waals surface area contributed by atoms with Gasteiger partial charge in [0.1, 0.15) is 24.0 Å². The van der Waals surface area contributed by atoms with Crippen LogP contribution in [0.4, 0.5) is 40.6 Å². The van der Waals surface area contributed by atoms with Crippen LogP contribution < -0.4 is 43.8 Å². The second-order valence-corrected chi connectivity index (χ2v) is 16.8. The number of hydrogen-bond donors (Lipinski definition) is 7. The van der Waals surface area contributed by atoms with Crippen LogP contribution in [0, 0.1) is 0 Å². The highest BCUT2D eigenvalue weighted by molar-refractivity contribution is 7.86. The van der Waals surface area contributed by atoms with Gasteiger partial charge in [-0.1, -0.05) is 6.07 Å². The quantitative estimate of drug-likeness (QED) is 0.0597. The van der Waals surface area contributed by atoms with E-state index in [0.29, 0.717) is 13.1 Å². The Hall–Kier alpha value is -4.85. The average Bonchev–Trinajstić information content (AvgIpc) is 3.22. The second kappa shape index (κ2) is 15.7. The zero-order chi connectivity index (χ0) is 39.1. The van der Waals surface area contributed by atoms with Gasteiger partial charge in [0.2, 0.25) is 11.9 Å². The van der Waals surface area contributed by atoms with Gasteiger partial charge in [-0.3, -0.25) is 18.5 Å². The number of nitrogens with zero attached hydrogens (tertiary/aromatic N) is 6. The highest BCUT2D eigenvalue weighted by Crippen LogP contribution is 2.31. The lowest BCUT2D eigenvalue weighted by molar-refractivity contribution is -0.117. The van der Waals surface area contributed by atoms with Crippen LogP contribution in [0.2, 0.25) is 0 Å². The molecule has 3 heterocycles. The number of quaternary nitrogens is 1. The summed E-state index contributed by atoms with van der Waals surface area (Å²) in [6.45, 7) is 2.51. The van der Waals surface area contributed by atoms with Gasteiger partial charge in [-0.05, 0) is 93.3 Å². The summed E-state index contributed by atoms with van der Waals surface area (Å²) in [5.74, 6) is 6.14. The first-order chi connectivity index (χ1) is 25.3. The van der Waals surface area contributed by atoms with Gasteiger partial charge >= 0.3 is 5.95 Å². The first kappa shape index (κ1) is 41.3. The van der Waals surface area contributed by atoms with Crippen molar-refractivity contribution in [2.75, 3.05) is 34.0 Å². The number of carbonyl (C=O) groups excluding carboxylic acids is 1. The van der Waals surface area contributed by atoms with Gasteiger partial charge < -0.3 is 28.4 Å². The molecule has 6 rings (SSSR count). The lowest BCUT2D eigenvalue weighted by Crippen LogP contribution is -3.00. The number of benzene rings is 3. The van der Waals surface area contributed by atoms with Crippen molar-refractivity contribution in [3.8, 4) is 0 Å². The second-order valence-electron chi connectivity index (χ2n) is 12.6. The van der Waals surface area contributed by atoms with Crippen LogP contribution in [0.25, 0.3) is 0 Å². The van der Waals surface area contributed by atoms with E-state index >= 15 is 0 Å². The molecule has 3 aromatic carbocycles. The summed E-state index contributed by atoms with van der Waals surface area (Å²) in [7, 11) is -13.9. The molecule has 0 bridgehead atoms. The molecule has 1 unspecified atom stereocenters. The van der Waals surface area contributed by atoms with E-state index < -0.39 is 52.1 Å². The lowest BCUT2D eigenvalue weighted by Gasteiger charge is -2.28. The van der Waals surface area contributed by atoms with Crippen LogP contribution in [-0.4, -0.2) is 84.6 Å². The number of hydrogen-bond acceptors (Lipinski definition) is 15. The van der Waals surface area contributed by atoms with Crippen molar-refractivity contribution in [2.45, 2.75) is 53.3 Å². The fraction of sp³-hybridized carbons (Fsp3) is 0.258. The molecule has 2 aliphatic rings. The molecule has 24 heteroatoms. The predicted molar refractivity (Wildman–Crippen MR) is 197 cm³/mol. The first-order valence-corrected chi connectivity index (χ1v) is 20.5. The van der Waals surface area contributed by atoms with Crippen molar-refractivity contribution >= 4 is 82.6 Å². The third-order valence-corrected chi connectivity index (χ3v) is 11.2. The van der Waals surface area contributed by atoms with Crippen molar-refractivity contribution in [1.29, 1.82) is 0 Å². The van der Waals surface area contributed by atoms with Gasteiger partial charge in [-0.2, -0.15) is 50.8 Å². The average molecular weight is 839 g/mol. The molecule has 2 aliphatic heterocycles. The van der Waals surface area contributed by atoms with E-state index in [1.54, 1.807) is 0 Å². The molecule has 0 saturated carbocycles. The molecule has 294 valence electrons. The Morgan fingerprint density at radius 3 is 1.89 bits per heavy atom. The van der Waals surface area contributed by atoms with E-state index in [9.17, 15) is 43.7 Å². The Morgan fingerprint density at radius 1 is 0.745 bits per heavy atom. The fourth-order valence-electron chi connectivity index (χ4n) is 5.89. The van der Waals surface area contributed by atoms with E-state index in [2.05, 4.69) is 36.0 Å². The van der Waals surface area contributed by atoms with Gasteiger partial charge in [-0.15, -0.1) is 9.97 Å². The molecule has 0 spiro atoms. The summed E-state index contributed by atoms with van der Waals surface area (Å²) in [6.07, 6.45) is 3.50. The summed E-state index contributed by atoms with van der Waals surface area (Å²) in [6, 6.07) is 12.6. The molecular weight excluding hydrogens is 804 g/mol. The van der Waals surface area contributed by atoms with Crippen molar-refractivity contribution < 1.29 is 56.1 Å². The number of aromatic nitrogens is 3.